The van der Waals surface area contributed by atoms with Crippen molar-refractivity contribution in [2.45, 2.75) is 65.3 Å². The highest BCUT2D eigenvalue weighted by molar-refractivity contribution is 5.85. The summed E-state index contributed by atoms with van der Waals surface area (Å²) in [6.45, 7) is 11.5. The number of carbonyl (C=O) groups excluding carboxylic acids is 2. The van der Waals surface area contributed by atoms with Gasteiger partial charge in [0.15, 0.2) is 0 Å². The number of hydrogen-bond acceptors (Lipinski definition) is 6. The second-order valence-corrected chi connectivity index (χ2v) is 9.44. The number of amides is 2. The Morgan fingerprint density at radius 1 is 1.14 bits per heavy atom. The Labute approximate surface area is 172 Å². The lowest BCUT2D eigenvalue weighted by Crippen LogP contribution is -2.35. The van der Waals surface area contributed by atoms with Crippen molar-refractivity contribution in [1.82, 2.24) is 9.88 Å². The minimum Gasteiger partial charge on any atom is -0.444 e. The van der Waals surface area contributed by atoms with Crippen LogP contribution in [-0.4, -0.2) is 64.6 Å². The van der Waals surface area contributed by atoms with Crippen LogP contribution in [0.4, 0.5) is 15.4 Å². The van der Waals surface area contributed by atoms with Gasteiger partial charge in [0, 0.05) is 25.2 Å². The van der Waals surface area contributed by atoms with Crippen LogP contribution >= 0.6 is 0 Å². The van der Waals surface area contributed by atoms with Gasteiger partial charge in [-0.15, -0.1) is 0 Å². The van der Waals surface area contributed by atoms with Gasteiger partial charge in [0.1, 0.15) is 17.0 Å². The van der Waals surface area contributed by atoms with E-state index in [9.17, 15) is 14.7 Å². The van der Waals surface area contributed by atoms with Gasteiger partial charge in [-0.1, -0.05) is 6.07 Å². The van der Waals surface area contributed by atoms with Crippen molar-refractivity contribution in [3.8, 4) is 0 Å². The summed E-state index contributed by atoms with van der Waals surface area (Å²) in [6, 6.07) is 5.38. The van der Waals surface area contributed by atoms with E-state index in [1.165, 1.54) is 9.80 Å². The third kappa shape index (κ3) is 6.88. The number of rotatable bonds is 3. The lowest BCUT2D eigenvalue weighted by atomic mass is 10.00. The molecular formula is C21H33N3O5. The zero-order valence-electron chi connectivity index (χ0n) is 18.4. The quantitative estimate of drug-likeness (QED) is 0.827. The van der Waals surface area contributed by atoms with Gasteiger partial charge in [0.2, 0.25) is 0 Å². The summed E-state index contributed by atoms with van der Waals surface area (Å²) in [5.74, 6) is 0.310. The maximum Gasteiger partial charge on any atom is 0.415 e. The number of pyridine rings is 1. The first-order valence-electron chi connectivity index (χ1n) is 9.84. The molecule has 2 atom stereocenters. The summed E-state index contributed by atoms with van der Waals surface area (Å²) in [5, 5.41) is 10.4. The molecule has 2 heterocycles. The minimum atomic E-state index is -0.656. The van der Waals surface area contributed by atoms with Crippen LogP contribution in [0.3, 0.4) is 0 Å². The molecule has 8 heteroatoms. The highest BCUT2D eigenvalue weighted by Crippen LogP contribution is 2.24. The molecule has 1 aliphatic heterocycles. The largest absolute Gasteiger partial charge is 0.444 e. The third-order valence-corrected chi connectivity index (χ3v) is 4.33. The summed E-state index contributed by atoms with van der Waals surface area (Å²) in [5.41, 5.74) is -0.447. The number of ether oxygens (including phenoxy) is 2. The topological polar surface area (TPSA) is 92.2 Å². The SMILES string of the molecule is CN(C(=O)OC(C)(C)C)c1cccc(C[C@H]2CN(C(=O)OC(C)(C)C)C[C@@H]2O)n1. The molecule has 0 saturated carbocycles. The zero-order valence-corrected chi connectivity index (χ0v) is 18.4. The van der Waals surface area contributed by atoms with E-state index in [4.69, 9.17) is 9.47 Å². The van der Waals surface area contributed by atoms with Crippen LogP contribution in [0.15, 0.2) is 18.2 Å². The maximum absolute atomic E-state index is 12.3. The molecule has 8 nitrogen and oxygen atoms in total. The summed E-state index contributed by atoms with van der Waals surface area (Å²) >= 11 is 0. The second kappa shape index (κ2) is 8.57. The first kappa shape index (κ1) is 22.9. The van der Waals surface area contributed by atoms with Gasteiger partial charge in [0.25, 0.3) is 0 Å². The summed E-state index contributed by atoms with van der Waals surface area (Å²) in [6.07, 6.45) is -1.09. The molecule has 1 aromatic rings. The fourth-order valence-electron chi connectivity index (χ4n) is 2.99. The van der Waals surface area contributed by atoms with Gasteiger partial charge in [-0.2, -0.15) is 0 Å². The Bertz CT molecular complexity index is 739. The Hall–Kier alpha value is -2.35. The monoisotopic (exact) mass is 407 g/mol. The summed E-state index contributed by atoms with van der Waals surface area (Å²) in [7, 11) is 1.61. The molecule has 0 spiro atoms. The number of aliphatic hydroxyl groups excluding tert-OH is 1. The number of aromatic nitrogens is 1. The van der Waals surface area contributed by atoms with E-state index in [0.29, 0.717) is 18.8 Å². The van der Waals surface area contributed by atoms with Crippen molar-refractivity contribution in [2.24, 2.45) is 5.92 Å². The molecular weight excluding hydrogens is 374 g/mol. The van der Waals surface area contributed by atoms with E-state index in [1.54, 1.807) is 33.9 Å². The normalized spacial score (nSPS) is 19.8. The van der Waals surface area contributed by atoms with Crippen molar-refractivity contribution in [1.29, 1.82) is 0 Å². The third-order valence-electron chi connectivity index (χ3n) is 4.33. The summed E-state index contributed by atoms with van der Waals surface area (Å²) in [4.78, 5) is 31.9. The van der Waals surface area contributed by atoms with Gasteiger partial charge in [-0.3, -0.25) is 4.90 Å². The van der Waals surface area contributed by atoms with Crippen LogP contribution in [0.2, 0.25) is 0 Å². The average molecular weight is 408 g/mol. The predicted molar refractivity (Wildman–Crippen MR) is 110 cm³/mol. The van der Waals surface area contributed by atoms with Gasteiger partial charge in [0.05, 0.1) is 12.6 Å². The van der Waals surface area contributed by atoms with E-state index in [2.05, 4.69) is 4.98 Å². The second-order valence-electron chi connectivity index (χ2n) is 9.44. The molecule has 1 N–H and O–H groups in total. The number of carbonyl (C=O) groups is 2. The van der Waals surface area contributed by atoms with E-state index in [0.717, 1.165) is 5.69 Å². The molecule has 29 heavy (non-hydrogen) atoms. The molecule has 2 rings (SSSR count). The molecule has 0 bridgehead atoms. The number of hydrogen-bond donors (Lipinski definition) is 1. The molecule has 0 aromatic carbocycles. The molecule has 1 fully saturated rings. The lowest BCUT2D eigenvalue weighted by Gasteiger charge is -2.24. The van der Waals surface area contributed by atoms with Crippen LogP contribution < -0.4 is 4.90 Å². The van der Waals surface area contributed by atoms with E-state index in [1.807, 2.05) is 32.9 Å². The Morgan fingerprint density at radius 3 is 2.34 bits per heavy atom. The van der Waals surface area contributed by atoms with Crippen LogP contribution in [0.25, 0.3) is 0 Å². The highest BCUT2D eigenvalue weighted by atomic mass is 16.6. The molecule has 2 amide bonds. The first-order chi connectivity index (χ1) is 13.2. The Balaban J connectivity index is 2.03. The van der Waals surface area contributed by atoms with Crippen LogP contribution in [0, 0.1) is 5.92 Å². The Kier molecular flexibility index (Phi) is 6.78. The van der Waals surface area contributed by atoms with Crippen molar-refractivity contribution < 1.29 is 24.2 Å². The molecule has 0 radical (unpaired) electrons. The average Bonchev–Trinajstić information content (AvgIpc) is 2.92. The van der Waals surface area contributed by atoms with Crippen LogP contribution in [0.1, 0.15) is 47.2 Å². The number of β-amino-alcohol motifs (C(OH)–C–C–N with tert-alkyl or cyclic N) is 1. The first-order valence-corrected chi connectivity index (χ1v) is 9.84. The van der Waals surface area contributed by atoms with Gasteiger partial charge < -0.3 is 19.5 Å². The number of anilines is 1. The van der Waals surface area contributed by atoms with E-state index in [-0.39, 0.29) is 12.5 Å². The Morgan fingerprint density at radius 2 is 1.76 bits per heavy atom. The molecule has 0 aliphatic carbocycles. The van der Waals surface area contributed by atoms with Crippen molar-refractivity contribution in [3.05, 3.63) is 23.9 Å². The van der Waals surface area contributed by atoms with Gasteiger partial charge in [-0.05, 0) is 60.1 Å². The fraction of sp³-hybridized carbons (Fsp3) is 0.667. The molecule has 1 saturated heterocycles. The minimum absolute atomic E-state index is 0.155. The number of aliphatic hydroxyl groups is 1. The van der Waals surface area contributed by atoms with E-state index >= 15 is 0 Å². The van der Waals surface area contributed by atoms with Crippen molar-refractivity contribution >= 4 is 18.0 Å². The zero-order chi connectivity index (χ0) is 22.0. The van der Waals surface area contributed by atoms with Gasteiger partial charge >= 0.3 is 12.2 Å². The standard InChI is InChI=1S/C21H33N3O5/c1-20(2,3)28-18(26)23(7)17-10-8-9-15(22-17)11-14-12-24(13-16(14)25)19(27)29-21(4,5)6/h8-10,14,16,25H,11-13H2,1-7H3/t14-,16-/m0/s1. The number of likely N-dealkylation sites (tertiary alicyclic amines) is 1. The fourth-order valence-corrected chi connectivity index (χ4v) is 2.99. The maximum atomic E-state index is 12.3. The number of nitrogens with zero attached hydrogens (tertiary/aromatic N) is 3. The van der Waals surface area contributed by atoms with Crippen molar-refractivity contribution in [3.63, 3.8) is 0 Å². The molecule has 1 aromatic heterocycles. The lowest BCUT2D eigenvalue weighted by molar-refractivity contribution is 0.0269. The smallest absolute Gasteiger partial charge is 0.415 e. The van der Waals surface area contributed by atoms with E-state index < -0.39 is 29.5 Å². The predicted octanol–water partition coefficient (Wildman–Crippen LogP) is 3.22. The van der Waals surface area contributed by atoms with Gasteiger partial charge in [-0.25, -0.2) is 14.6 Å². The molecule has 162 valence electrons. The molecule has 1 aliphatic rings. The molecule has 0 unspecified atom stereocenters. The van der Waals surface area contributed by atoms with Crippen LogP contribution in [0.5, 0.6) is 0 Å². The summed E-state index contributed by atoms with van der Waals surface area (Å²) < 4.78 is 10.8. The van der Waals surface area contributed by atoms with Crippen LogP contribution in [-0.2, 0) is 15.9 Å². The highest BCUT2D eigenvalue weighted by Gasteiger charge is 2.36. The van der Waals surface area contributed by atoms with Crippen molar-refractivity contribution in [2.75, 3.05) is 25.0 Å².